The third-order valence-electron chi connectivity index (χ3n) is 5.80. The van der Waals surface area contributed by atoms with E-state index in [2.05, 4.69) is 17.1 Å². The summed E-state index contributed by atoms with van der Waals surface area (Å²) in [4.78, 5) is 29.5. The minimum atomic E-state index is -0.00137. The van der Waals surface area contributed by atoms with Crippen molar-refractivity contribution >= 4 is 11.8 Å². The Hall–Kier alpha value is -2.08. The lowest BCUT2D eigenvalue weighted by Gasteiger charge is -2.39. The molecule has 0 saturated carbocycles. The van der Waals surface area contributed by atoms with E-state index in [0.29, 0.717) is 30.8 Å². The predicted molar refractivity (Wildman–Crippen MR) is 109 cm³/mol. The van der Waals surface area contributed by atoms with Gasteiger partial charge in [0.15, 0.2) is 6.61 Å². The van der Waals surface area contributed by atoms with Gasteiger partial charge in [0.2, 0.25) is 5.91 Å². The number of amides is 2. The topological polar surface area (TPSA) is 61.9 Å². The third kappa shape index (κ3) is 5.47. The molecule has 3 rings (SSSR count). The summed E-state index contributed by atoms with van der Waals surface area (Å²) in [5.41, 5.74) is 0. The molecule has 2 aliphatic heterocycles. The number of benzene rings is 1. The fraction of sp³-hybridized carbons (Fsp3) is 0.636. The highest BCUT2D eigenvalue weighted by molar-refractivity contribution is 5.81. The van der Waals surface area contributed by atoms with Gasteiger partial charge in [-0.2, -0.15) is 0 Å². The van der Waals surface area contributed by atoms with Gasteiger partial charge in [-0.1, -0.05) is 25.1 Å². The van der Waals surface area contributed by atoms with E-state index in [1.54, 1.807) is 0 Å². The van der Waals surface area contributed by atoms with Crippen molar-refractivity contribution in [3.05, 3.63) is 30.3 Å². The van der Waals surface area contributed by atoms with Crippen LogP contribution in [-0.2, 0) is 9.59 Å². The lowest BCUT2D eigenvalue weighted by molar-refractivity contribution is -0.143. The molecule has 28 heavy (non-hydrogen) atoms. The van der Waals surface area contributed by atoms with Crippen LogP contribution in [0.4, 0.5) is 0 Å². The first-order valence-electron chi connectivity index (χ1n) is 10.7. The molecule has 0 bridgehead atoms. The molecule has 0 aliphatic carbocycles. The van der Waals surface area contributed by atoms with Crippen molar-refractivity contribution in [2.24, 2.45) is 5.92 Å². The van der Waals surface area contributed by atoms with E-state index in [1.165, 1.54) is 0 Å². The van der Waals surface area contributed by atoms with Crippen LogP contribution in [0.5, 0.6) is 5.75 Å². The van der Waals surface area contributed by atoms with Crippen molar-refractivity contribution in [3.8, 4) is 5.75 Å². The van der Waals surface area contributed by atoms with Gasteiger partial charge in [-0.3, -0.25) is 9.59 Å². The van der Waals surface area contributed by atoms with Gasteiger partial charge in [-0.15, -0.1) is 0 Å². The van der Waals surface area contributed by atoms with Crippen LogP contribution < -0.4 is 10.1 Å². The van der Waals surface area contributed by atoms with E-state index in [-0.39, 0.29) is 18.4 Å². The molecule has 0 radical (unpaired) electrons. The number of piperidine rings is 2. The van der Waals surface area contributed by atoms with Gasteiger partial charge in [-0.05, 0) is 57.3 Å². The Morgan fingerprint density at radius 2 is 1.79 bits per heavy atom. The zero-order valence-electron chi connectivity index (χ0n) is 16.9. The minimum absolute atomic E-state index is 0.00137. The predicted octanol–water partition coefficient (Wildman–Crippen LogP) is 2.29. The minimum Gasteiger partial charge on any atom is -0.484 e. The van der Waals surface area contributed by atoms with Gasteiger partial charge in [0.25, 0.3) is 5.91 Å². The van der Waals surface area contributed by atoms with Crippen LogP contribution in [0.15, 0.2) is 30.3 Å². The Morgan fingerprint density at radius 1 is 1.11 bits per heavy atom. The number of nitrogens with one attached hydrogen (secondary N) is 1. The van der Waals surface area contributed by atoms with Crippen LogP contribution in [0, 0.1) is 5.92 Å². The van der Waals surface area contributed by atoms with Crippen LogP contribution in [0.25, 0.3) is 0 Å². The molecule has 2 fully saturated rings. The van der Waals surface area contributed by atoms with Gasteiger partial charge >= 0.3 is 0 Å². The molecule has 0 unspecified atom stereocenters. The molecule has 1 aromatic rings. The number of ether oxygens (including phenoxy) is 1. The second-order valence-electron chi connectivity index (χ2n) is 7.77. The zero-order chi connectivity index (χ0) is 19.8. The van der Waals surface area contributed by atoms with E-state index < -0.39 is 0 Å². The monoisotopic (exact) mass is 387 g/mol. The normalized spacial score (nSPS) is 18.7. The number of carbonyl (C=O) groups is 2. The fourth-order valence-corrected chi connectivity index (χ4v) is 4.20. The quantitative estimate of drug-likeness (QED) is 0.780. The number of para-hydroxylation sites is 1. The van der Waals surface area contributed by atoms with E-state index in [0.717, 1.165) is 51.7 Å². The summed E-state index contributed by atoms with van der Waals surface area (Å²) in [7, 11) is 0. The van der Waals surface area contributed by atoms with Crippen LogP contribution in [0.1, 0.15) is 39.0 Å². The van der Waals surface area contributed by atoms with Crippen molar-refractivity contribution in [2.45, 2.75) is 45.1 Å². The van der Waals surface area contributed by atoms with Crippen LogP contribution in [0.2, 0.25) is 0 Å². The molecule has 6 heteroatoms. The largest absolute Gasteiger partial charge is 0.484 e. The molecule has 0 spiro atoms. The van der Waals surface area contributed by atoms with E-state index >= 15 is 0 Å². The first-order chi connectivity index (χ1) is 13.7. The average Bonchev–Trinajstić information content (AvgIpc) is 2.77. The van der Waals surface area contributed by atoms with Crippen molar-refractivity contribution in [2.75, 3.05) is 39.3 Å². The number of likely N-dealkylation sites (tertiary alicyclic amines) is 1. The number of carbonyl (C=O) groups excluding carboxylic acids is 2. The first kappa shape index (κ1) is 20.6. The second-order valence-corrected chi connectivity index (χ2v) is 7.77. The van der Waals surface area contributed by atoms with Crippen molar-refractivity contribution in [1.29, 1.82) is 0 Å². The Balaban J connectivity index is 1.47. The molecule has 0 aromatic heterocycles. The lowest BCUT2D eigenvalue weighted by Crippen LogP contribution is -2.51. The zero-order valence-corrected chi connectivity index (χ0v) is 16.9. The summed E-state index contributed by atoms with van der Waals surface area (Å²) in [5.74, 6) is 1.04. The summed E-state index contributed by atoms with van der Waals surface area (Å²) in [6.07, 6.45) is 4.58. The van der Waals surface area contributed by atoms with Crippen molar-refractivity contribution < 1.29 is 14.3 Å². The SMILES string of the molecule is CCCN(C(=O)C1CCN(C(=O)COc2ccccc2)CC1)C1CCNCC1. The number of nitrogens with zero attached hydrogens (tertiary/aromatic N) is 2. The maximum absolute atomic E-state index is 13.2. The highest BCUT2D eigenvalue weighted by Gasteiger charge is 2.33. The number of hydrogen-bond donors (Lipinski definition) is 1. The molecular weight excluding hydrogens is 354 g/mol. The molecular formula is C22H33N3O3. The Kier molecular flexibility index (Phi) is 7.71. The average molecular weight is 388 g/mol. The molecule has 6 nitrogen and oxygen atoms in total. The smallest absolute Gasteiger partial charge is 0.260 e. The lowest BCUT2D eigenvalue weighted by atomic mass is 9.93. The molecule has 1 N–H and O–H groups in total. The maximum atomic E-state index is 13.2. The molecule has 2 aliphatic rings. The van der Waals surface area contributed by atoms with Crippen LogP contribution >= 0.6 is 0 Å². The maximum Gasteiger partial charge on any atom is 0.260 e. The highest BCUT2D eigenvalue weighted by Crippen LogP contribution is 2.23. The van der Waals surface area contributed by atoms with Gasteiger partial charge in [0.05, 0.1) is 0 Å². The molecule has 2 heterocycles. The number of rotatable bonds is 7. The first-order valence-corrected chi connectivity index (χ1v) is 10.7. The molecule has 2 saturated heterocycles. The van der Waals surface area contributed by atoms with E-state index in [9.17, 15) is 9.59 Å². The van der Waals surface area contributed by atoms with E-state index in [4.69, 9.17) is 4.74 Å². The molecule has 1 aromatic carbocycles. The van der Waals surface area contributed by atoms with E-state index in [1.807, 2.05) is 35.2 Å². The second kappa shape index (κ2) is 10.5. The summed E-state index contributed by atoms with van der Waals surface area (Å²) in [6.45, 7) is 6.29. The van der Waals surface area contributed by atoms with Gasteiger partial charge in [-0.25, -0.2) is 0 Å². The summed E-state index contributed by atoms with van der Waals surface area (Å²) in [6, 6.07) is 9.76. The molecule has 154 valence electrons. The Bertz CT molecular complexity index is 623. The standard InChI is InChI=1S/C22H33N3O3/c1-2-14-25(19-8-12-23-13-9-19)22(27)18-10-15-24(16-11-18)21(26)17-28-20-6-4-3-5-7-20/h3-7,18-19,23H,2,8-17H2,1H3. The van der Waals surface area contributed by atoms with Crippen LogP contribution in [-0.4, -0.2) is 67.0 Å². The molecule has 0 atom stereocenters. The van der Waals surface area contributed by atoms with Crippen molar-refractivity contribution in [3.63, 3.8) is 0 Å². The number of hydrogen-bond acceptors (Lipinski definition) is 4. The molecule has 2 amide bonds. The third-order valence-corrected chi connectivity index (χ3v) is 5.80. The Labute approximate surface area is 168 Å². The van der Waals surface area contributed by atoms with Crippen molar-refractivity contribution in [1.82, 2.24) is 15.1 Å². The highest BCUT2D eigenvalue weighted by atomic mass is 16.5. The van der Waals surface area contributed by atoms with Gasteiger partial charge < -0.3 is 19.9 Å². The van der Waals surface area contributed by atoms with Crippen LogP contribution in [0.3, 0.4) is 0 Å². The van der Waals surface area contributed by atoms with Gasteiger partial charge in [0, 0.05) is 31.6 Å². The summed E-state index contributed by atoms with van der Waals surface area (Å²) < 4.78 is 5.57. The van der Waals surface area contributed by atoms with Gasteiger partial charge in [0.1, 0.15) is 5.75 Å². The fourth-order valence-electron chi connectivity index (χ4n) is 4.20. The Morgan fingerprint density at radius 3 is 2.43 bits per heavy atom. The summed E-state index contributed by atoms with van der Waals surface area (Å²) >= 11 is 0. The summed E-state index contributed by atoms with van der Waals surface area (Å²) in [5, 5.41) is 3.38.